The quantitative estimate of drug-likeness (QED) is 0.838. The van der Waals surface area contributed by atoms with Gasteiger partial charge in [-0.2, -0.15) is 0 Å². The van der Waals surface area contributed by atoms with Gasteiger partial charge in [0.1, 0.15) is 0 Å². The number of ether oxygens (including phenoxy) is 1. The number of piperidine rings is 1. The van der Waals surface area contributed by atoms with Crippen LogP contribution in [0, 0.1) is 0 Å². The molecule has 1 aromatic carbocycles. The summed E-state index contributed by atoms with van der Waals surface area (Å²) >= 11 is 5.84. The highest BCUT2D eigenvalue weighted by molar-refractivity contribution is 6.31. The van der Waals surface area contributed by atoms with Crippen LogP contribution in [0.25, 0.3) is 0 Å². The molecule has 1 unspecified atom stereocenters. The van der Waals surface area contributed by atoms with E-state index >= 15 is 0 Å². The van der Waals surface area contributed by atoms with Crippen molar-refractivity contribution in [2.75, 3.05) is 37.8 Å². The first kappa shape index (κ1) is 16.1. The van der Waals surface area contributed by atoms with Crippen LogP contribution in [0.4, 0.5) is 11.4 Å². The first-order chi connectivity index (χ1) is 9.92. The van der Waals surface area contributed by atoms with Crippen molar-refractivity contribution in [1.82, 2.24) is 4.90 Å². The normalized spacial score (nSPS) is 23.0. The van der Waals surface area contributed by atoms with Gasteiger partial charge in [-0.25, -0.2) is 0 Å². The fourth-order valence-corrected chi connectivity index (χ4v) is 2.83. The van der Waals surface area contributed by atoms with Crippen LogP contribution < -0.4 is 11.1 Å². The largest absolute Gasteiger partial charge is 0.397 e. The van der Waals surface area contributed by atoms with Gasteiger partial charge in [0.2, 0.25) is 5.91 Å². The Morgan fingerprint density at radius 3 is 3.00 bits per heavy atom. The van der Waals surface area contributed by atoms with Gasteiger partial charge in [0.15, 0.2) is 0 Å². The van der Waals surface area contributed by atoms with Crippen molar-refractivity contribution in [3.8, 4) is 0 Å². The van der Waals surface area contributed by atoms with Crippen LogP contribution in [0.3, 0.4) is 0 Å². The smallest absolute Gasteiger partial charge is 0.238 e. The standard InChI is InChI=1S/C15H22ClN3O2/c1-15(21-2)6-3-7-19(10-15)9-14(20)18-13-5-4-11(16)8-12(13)17/h4-5,8H,3,6-7,9-10,17H2,1-2H3,(H,18,20). The molecule has 1 aromatic rings. The van der Waals surface area contributed by atoms with Gasteiger partial charge >= 0.3 is 0 Å². The molecule has 0 aliphatic carbocycles. The number of nitrogen functional groups attached to an aromatic ring is 1. The molecule has 116 valence electrons. The number of nitrogens with zero attached hydrogens (tertiary/aromatic N) is 1. The van der Waals surface area contributed by atoms with E-state index in [9.17, 15) is 4.79 Å². The highest BCUT2D eigenvalue weighted by Gasteiger charge is 2.31. The van der Waals surface area contributed by atoms with Crippen LogP contribution in [0.15, 0.2) is 18.2 Å². The molecule has 1 aliphatic heterocycles. The van der Waals surface area contributed by atoms with Crippen LogP contribution >= 0.6 is 11.6 Å². The minimum Gasteiger partial charge on any atom is -0.397 e. The number of likely N-dealkylation sites (tertiary alicyclic amines) is 1. The summed E-state index contributed by atoms with van der Waals surface area (Å²) in [7, 11) is 1.72. The Bertz CT molecular complexity index is 524. The van der Waals surface area contributed by atoms with E-state index in [4.69, 9.17) is 22.1 Å². The van der Waals surface area contributed by atoms with Crippen molar-refractivity contribution in [2.24, 2.45) is 0 Å². The molecule has 0 saturated carbocycles. The number of methoxy groups -OCH3 is 1. The van der Waals surface area contributed by atoms with Crippen molar-refractivity contribution in [3.05, 3.63) is 23.2 Å². The molecule has 0 bridgehead atoms. The average Bonchev–Trinajstić information content (AvgIpc) is 2.42. The van der Waals surface area contributed by atoms with Gasteiger partial charge in [-0.15, -0.1) is 0 Å². The fourth-order valence-electron chi connectivity index (χ4n) is 2.65. The monoisotopic (exact) mass is 311 g/mol. The van der Waals surface area contributed by atoms with Crippen LogP contribution in [-0.4, -0.2) is 43.2 Å². The van der Waals surface area contributed by atoms with E-state index in [0.29, 0.717) is 22.9 Å². The van der Waals surface area contributed by atoms with Gasteiger partial charge in [-0.1, -0.05) is 11.6 Å². The van der Waals surface area contributed by atoms with Gasteiger partial charge in [0.25, 0.3) is 0 Å². The molecular formula is C15H22ClN3O2. The maximum Gasteiger partial charge on any atom is 0.238 e. The molecule has 1 aliphatic rings. The number of amides is 1. The first-order valence-corrected chi connectivity index (χ1v) is 7.42. The number of carbonyl (C=O) groups is 1. The molecule has 1 fully saturated rings. The van der Waals surface area contributed by atoms with E-state index < -0.39 is 0 Å². The molecule has 21 heavy (non-hydrogen) atoms. The summed E-state index contributed by atoms with van der Waals surface area (Å²) in [5.74, 6) is -0.0793. The number of benzene rings is 1. The van der Waals surface area contributed by atoms with Crippen LogP contribution in [0.5, 0.6) is 0 Å². The summed E-state index contributed by atoms with van der Waals surface area (Å²) in [5, 5.41) is 3.38. The summed E-state index contributed by atoms with van der Waals surface area (Å²) in [6.07, 6.45) is 2.05. The number of hydrogen-bond donors (Lipinski definition) is 2. The lowest BCUT2D eigenvalue weighted by Crippen LogP contribution is -2.49. The van der Waals surface area contributed by atoms with Crippen molar-refractivity contribution >= 4 is 28.9 Å². The minimum absolute atomic E-state index is 0.0793. The second-order valence-corrected chi connectivity index (χ2v) is 6.18. The predicted molar refractivity (Wildman–Crippen MR) is 85.6 cm³/mol. The fraction of sp³-hybridized carbons (Fsp3) is 0.533. The first-order valence-electron chi connectivity index (χ1n) is 7.04. The molecule has 1 heterocycles. The Morgan fingerprint density at radius 1 is 1.57 bits per heavy atom. The molecule has 0 spiro atoms. The molecule has 2 rings (SSSR count). The van der Waals surface area contributed by atoms with Gasteiger partial charge in [0, 0.05) is 18.7 Å². The predicted octanol–water partition coefficient (Wildman–Crippen LogP) is 2.36. The van der Waals surface area contributed by atoms with E-state index in [-0.39, 0.29) is 11.5 Å². The SMILES string of the molecule is COC1(C)CCCN(CC(=O)Nc2ccc(Cl)cc2N)C1. The van der Waals surface area contributed by atoms with E-state index in [2.05, 4.69) is 17.1 Å². The van der Waals surface area contributed by atoms with Crippen molar-refractivity contribution < 1.29 is 9.53 Å². The molecule has 6 heteroatoms. The molecule has 1 saturated heterocycles. The number of nitrogens with one attached hydrogen (secondary N) is 1. The maximum atomic E-state index is 12.1. The molecule has 5 nitrogen and oxygen atoms in total. The highest BCUT2D eigenvalue weighted by Crippen LogP contribution is 2.25. The van der Waals surface area contributed by atoms with E-state index in [0.717, 1.165) is 25.9 Å². The molecule has 1 atom stereocenters. The molecule has 3 N–H and O–H groups in total. The average molecular weight is 312 g/mol. The summed E-state index contributed by atoms with van der Waals surface area (Å²) in [4.78, 5) is 14.2. The lowest BCUT2D eigenvalue weighted by atomic mass is 9.95. The zero-order valence-corrected chi connectivity index (χ0v) is 13.2. The molecule has 0 radical (unpaired) electrons. The second-order valence-electron chi connectivity index (χ2n) is 5.75. The number of nitrogens with two attached hydrogens (primary N) is 1. The van der Waals surface area contributed by atoms with Gasteiger partial charge in [0.05, 0.1) is 23.5 Å². The Morgan fingerprint density at radius 2 is 2.33 bits per heavy atom. The van der Waals surface area contributed by atoms with Crippen molar-refractivity contribution in [1.29, 1.82) is 0 Å². The third-order valence-corrected chi connectivity index (χ3v) is 4.12. The van der Waals surface area contributed by atoms with Crippen molar-refractivity contribution in [2.45, 2.75) is 25.4 Å². The van der Waals surface area contributed by atoms with Gasteiger partial charge in [-0.05, 0) is 44.5 Å². The summed E-state index contributed by atoms with van der Waals surface area (Å²) in [5.41, 5.74) is 6.73. The number of halogens is 1. The van der Waals surface area contributed by atoms with Gasteiger partial charge in [-0.3, -0.25) is 9.69 Å². The number of rotatable bonds is 4. The Hall–Kier alpha value is -1.30. The van der Waals surface area contributed by atoms with Crippen LogP contribution in [-0.2, 0) is 9.53 Å². The van der Waals surface area contributed by atoms with E-state index in [1.54, 1.807) is 25.3 Å². The lowest BCUT2D eigenvalue weighted by molar-refractivity contribution is -0.119. The van der Waals surface area contributed by atoms with Crippen LogP contribution in [0.2, 0.25) is 5.02 Å². The lowest BCUT2D eigenvalue weighted by Gasteiger charge is -2.39. The number of anilines is 2. The zero-order valence-electron chi connectivity index (χ0n) is 12.5. The summed E-state index contributed by atoms with van der Waals surface area (Å²) in [6.45, 7) is 4.07. The number of hydrogen-bond acceptors (Lipinski definition) is 4. The summed E-state index contributed by atoms with van der Waals surface area (Å²) in [6, 6.07) is 5.04. The zero-order chi connectivity index (χ0) is 15.5. The van der Waals surface area contributed by atoms with Crippen LogP contribution in [0.1, 0.15) is 19.8 Å². The Kier molecular flexibility index (Phi) is 5.08. The van der Waals surface area contributed by atoms with Crippen molar-refractivity contribution in [3.63, 3.8) is 0 Å². The molecular weight excluding hydrogens is 290 g/mol. The third-order valence-electron chi connectivity index (χ3n) is 3.89. The Balaban J connectivity index is 1.92. The summed E-state index contributed by atoms with van der Waals surface area (Å²) < 4.78 is 5.53. The molecule has 0 aromatic heterocycles. The van der Waals surface area contributed by atoms with E-state index in [1.807, 2.05) is 0 Å². The topological polar surface area (TPSA) is 67.6 Å². The third kappa shape index (κ3) is 4.33. The van der Waals surface area contributed by atoms with Gasteiger partial charge < -0.3 is 15.8 Å². The maximum absolute atomic E-state index is 12.1. The number of carbonyl (C=O) groups excluding carboxylic acids is 1. The second kappa shape index (κ2) is 6.64. The highest BCUT2D eigenvalue weighted by atomic mass is 35.5. The minimum atomic E-state index is -0.169. The van der Waals surface area contributed by atoms with E-state index in [1.165, 1.54) is 0 Å². The molecule has 1 amide bonds. The Labute approximate surface area is 130 Å².